The molecule has 264 valence electrons. The first-order valence-corrected chi connectivity index (χ1v) is 19.3. The monoisotopic (exact) mass is 700 g/mol. The summed E-state index contributed by atoms with van der Waals surface area (Å²) >= 11 is 3.97. The molecule has 0 spiro atoms. The summed E-state index contributed by atoms with van der Waals surface area (Å²) in [6.07, 6.45) is 6.19. The second-order valence-corrected chi connectivity index (χ2v) is 14.5. The van der Waals surface area contributed by atoms with Crippen molar-refractivity contribution in [3.05, 3.63) is 71.8 Å². The number of carboxylic acid groups (broad SMARTS) is 1. The van der Waals surface area contributed by atoms with Crippen LogP contribution in [0.3, 0.4) is 0 Å². The molecule has 1 aliphatic rings. The summed E-state index contributed by atoms with van der Waals surface area (Å²) in [5.41, 5.74) is 2.68. The largest absolute Gasteiger partial charge is 0.481 e. The van der Waals surface area contributed by atoms with Crippen LogP contribution in [0.2, 0.25) is 0 Å². The smallest absolute Gasteiger partial charge is 0.307 e. The second kappa shape index (κ2) is 23.5. The number of unbranched alkanes of at least 4 members (excludes halogenated alkanes) is 2. The minimum Gasteiger partial charge on any atom is -0.481 e. The van der Waals surface area contributed by atoms with Crippen LogP contribution in [0, 0.1) is 0 Å². The number of rotatable bonds is 25. The molecular formula is C37H52N2O7S2. The summed E-state index contributed by atoms with van der Waals surface area (Å²) in [4.78, 5) is 49.7. The summed E-state index contributed by atoms with van der Waals surface area (Å²) in [6, 6.07) is 21.1. The molecule has 2 amide bonds. The lowest BCUT2D eigenvalue weighted by atomic mass is 10.1. The van der Waals surface area contributed by atoms with E-state index in [1.54, 1.807) is 0 Å². The average Bonchev–Trinajstić information content (AvgIpc) is 3.48. The number of carbonyl (C=O) groups is 4. The standard InChI is InChI=1S/C37H52N2O7S2/c1-45-31-25-35(41)39(26-31)34(40)22-23-38-33(19-9-10-20-36(42)43)46-37(44)21-11-8-17-32(48-28-30-15-6-3-7-16-30)18-12-24-47-27-29-13-4-2-5-14-29/h2-7,13-16,31-33,38H,8-12,17-28H2,1H3,(H,42,43). The van der Waals surface area contributed by atoms with Gasteiger partial charge in [0.15, 0.2) is 6.23 Å². The number of thioether (sulfide) groups is 2. The van der Waals surface area contributed by atoms with E-state index in [1.165, 1.54) is 23.1 Å². The summed E-state index contributed by atoms with van der Waals surface area (Å²) in [5, 5.41) is 12.6. The molecule has 2 aromatic carbocycles. The van der Waals surface area contributed by atoms with Crippen LogP contribution in [-0.4, -0.2) is 77.3 Å². The molecule has 9 nitrogen and oxygen atoms in total. The van der Waals surface area contributed by atoms with Gasteiger partial charge < -0.3 is 14.6 Å². The van der Waals surface area contributed by atoms with Crippen molar-refractivity contribution in [1.82, 2.24) is 10.2 Å². The van der Waals surface area contributed by atoms with Crippen LogP contribution in [0.5, 0.6) is 0 Å². The number of amides is 2. The van der Waals surface area contributed by atoms with Gasteiger partial charge in [-0.15, -0.1) is 0 Å². The van der Waals surface area contributed by atoms with E-state index in [9.17, 15) is 19.2 Å². The first-order chi connectivity index (χ1) is 23.3. The van der Waals surface area contributed by atoms with Crippen molar-refractivity contribution >= 4 is 47.3 Å². The molecule has 11 heteroatoms. The Morgan fingerprint density at radius 1 is 0.875 bits per heavy atom. The van der Waals surface area contributed by atoms with E-state index in [0.29, 0.717) is 30.9 Å². The molecule has 0 saturated carbocycles. The Balaban J connectivity index is 1.40. The molecule has 0 aliphatic carbocycles. The fourth-order valence-corrected chi connectivity index (χ4v) is 7.72. The Kier molecular flexibility index (Phi) is 19.4. The normalized spacial score (nSPS) is 15.7. The van der Waals surface area contributed by atoms with E-state index in [2.05, 4.69) is 53.8 Å². The number of hydrogen-bond acceptors (Lipinski definition) is 9. The molecule has 1 heterocycles. The van der Waals surface area contributed by atoms with Crippen molar-refractivity contribution in [2.24, 2.45) is 0 Å². The van der Waals surface area contributed by atoms with Crippen molar-refractivity contribution in [3.8, 4) is 0 Å². The van der Waals surface area contributed by atoms with Crippen LogP contribution < -0.4 is 5.32 Å². The number of hydrogen-bond donors (Lipinski definition) is 2. The van der Waals surface area contributed by atoms with Crippen molar-refractivity contribution < 1.29 is 33.8 Å². The van der Waals surface area contributed by atoms with Crippen molar-refractivity contribution in [2.45, 2.75) is 106 Å². The SMILES string of the molecule is COC1CC(=O)N(C(=O)CCNC(CCCCC(=O)O)OC(=O)CCCCC(CCCSCc2ccccc2)SCc2ccccc2)C1. The van der Waals surface area contributed by atoms with E-state index >= 15 is 0 Å². The number of likely N-dealkylation sites (tertiary alicyclic amines) is 1. The van der Waals surface area contributed by atoms with Crippen LogP contribution in [0.1, 0.15) is 88.2 Å². The fraction of sp³-hybridized carbons (Fsp3) is 0.568. The van der Waals surface area contributed by atoms with Gasteiger partial charge in [0.05, 0.1) is 19.1 Å². The zero-order valence-electron chi connectivity index (χ0n) is 28.2. The number of carbonyl (C=O) groups excluding carboxylic acids is 3. The van der Waals surface area contributed by atoms with Gasteiger partial charge >= 0.3 is 11.9 Å². The number of imide groups is 1. The minimum atomic E-state index is -0.863. The van der Waals surface area contributed by atoms with Crippen LogP contribution in [0.25, 0.3) is 0 Å². The number of esters is 1. The van der Waals surface area contributed by atoms with Crippen LogP contribution in [-0.2, 0) is 40.2 Å². The Morgan fingerprint density at radius 3 is 2.19 bits per heavy atom. The Labute approximate surface area is 294 Å². The quantitative estimate of drug-likeness (QED) is 0.0648. The highest BCUT2D eigenvalue weighted by Crippen LogP contribution is 2.27. The van der Waals surface area contributed by atoms with Crippen molar-refractivity contribution in [3.63, 3.8) is 0 Å². The topological polar surface area (TPSA) is 122 Å². The molecule has 2 N–H and O–H groups in total. The van der Waals surface area contributed by atoms with Crippen LogP contribution in [0.15, 0.2) is 60.7 Å². The van der Waals surface area contributed by atoms with Crippen molar-refractivity contribution in [1.29, 1.82) is 0 Å². The van der Waals surface area contributed by atoms with E-state index in [4.69, 9.17) is 14.6 Å². The predicted molar refractivity (Wildman–Crippen MR) is 193 cm³/mol. The molecule has 3 unspecified atom stereocenters. The third-order valence-corrected chi connectivity index (χ3v) is 10.8. The number of aliphatic carboxylic acids is 1. The number of ether oxygens (including phenoxy) is 2. The average molecular weight is 701 g/mol. The molecule has 2 aromatic rings. The molecule has 0 aromatic heterocycles. The summed E-state index contributed by atoms with van der Waals surface area (Å²) in [7, 11) is 1.52. The highest BCUT2D eigenvalue weighted by atomic mass is 32.2. The molecule has 1 fully saturated rings. The van der Waals surface area contributed by atoms with Crippen molar-refractivity contribution in [2.75, 3.05) is 26.0 Å². The number of nitrogens with one attached hydrogen (secondary N) is 1. The fourth-order valence-electron chi connectivity index (χ4n) is 5.49. The third kappa shape index (κ3) is 16.5. The minimum absolute atomic E-state index is 0.0477. The zero-order valence-corrected chi connectivity index (χ0v) is 29.8. The molecular weight excluding hydrogens is 649 g/mol. The summed E-state index contributed by atoms with van der Waals surface area (Å²) < 4.78 is 11.0. The molecule has 1 aliphatic heterocycles. The highest BCUT2D eigenvalue weighted by Gasteiger charge is 2.33. The van der Waals surface area contributed by atoms with E-state index < -0.39 is 12.2 Å². The Morgan fingerprint density at radius 2 is 1.52 bits per heavy atom. The van der Waals surface area contributed by atoms with Gasteiger partial charge in [-0.05, 0) is 61.8 Å². The zero-order chi connectivity index (χ0) is 34.4. The maximum atomic E-state index is 12.8. The number of methoxy groups -OCH3 is 1. The lowest BCUT2D eigenvalue weighted by Gasteiger charge is -2.21. The lowest BCUT2D eigenvalue weighted by molar-refractivity contribution is -0.151. The maximum Gasteiger partial charge on any atom is 0.307 e. The van der Waals surface area contributed by atoms with E-state index in [-0.39, 0.29) is 56.2 Å². The Bertz CT molecular complexity index is 1230. The predicted octanol–water partition coefficient (Wildman–Crippen LogP) is 6.83. The lowest BCUT2D eigenvalue weighted by Crippen LogP contribution is -2.39. The number of nitrogens with zero attached hydrogens (tertiary/aromatic N) is 1. The molecule has 3 atom stereocenters. The summed E-state index contributed by atoms with van der Waals surface area (Å²) in [6.45, 7) is 0.488. The molecule has 0 radical (unpaired) electrons. The Hall–Kier alpha value is -2.86. The van der Waals surface area contributed by atoms with Gasteiger partial charge in [-0.1, -0.05) is 67.1 Å². The van der Waals surface area contributed by atoms with Gasteiger partial charge in [-0.2, -0.15) is 23.5 Å². The second-order valence-electron chi connectivity index (χ2n) is 12.1. The first-order valence-electron chi connectivity index (χ1n) is 17.1. The number of carboxylic acids is 1. The highest BCUT2D eigenvalue weighted by molar-refractivity contribution is 7.99. The third-order valence-electron chi connectivity index (χ3n) is 8.23. The molecule has 1 saturated heterocycles. The van der Waals surface area contributed by atoms with E-state index in [1.807, 2.05) is 35.7 Å². The first kappa shape index (κ1) is 39.6. The van der Waals surface area contributed by atoms with Gasteiger partial charge in [0.1, 0.15) is 0 Å². The van der Waals surface area contributed by atoms with Crippen LogP contribution >= 0.6 is 23.5 Å². The van der Waals surface area contributed by atoms with Gasteiger partial charge in [0.2, 0.25) is 11.8 Å². The van der Waals surface area contributed by atoms with Gasteiger partial charge in [-0.3, -0.25) is 29.4 Å². The molecule has 48 heavy (non-hydrogen) atoms. The van der Waals surface area contributed by atoms with Crippen LogP contribution in [0.4, 0.5) is 0 Å². The molecule has 3 rings (SSSR count). The van der Waals surface area contributed by atoms with Gasteiger partial charge in [-0.25, -0.2) is 0 Å². The number of benzene rings is 2. The molecule has 0 bridgehead atoms. The van der Waals surface area contributed by atoms with Gasteiger partial charge in [0, 0.05) is 49.7 Å². The van der Waals surface area contributed by atoms with Gasteiger partial charge in [0.25, 0.3) is 0 Å². The van der Waals surface area contributed by atoms with E-state index in [0.717, 1.165) is 49.4 Å². The maximum absolute atomic E-state index is 12.8. The summed E-state index contributed by atoms with van der Waals surface area (Å²) in [5.74, 6) is 1.42.